The molecule has 0 radical (unpaired) electrons. The van der Waals surface area contributed by atoms with Gasteiger partial charge in [-0.3, -0.25) is 4.79 Å². The van der Waals surface area contributed by atoms with E-state index < -0.39 is 0 Å². The van der Waals surface area contributed by atoms with E-state index in [2.05, 4.69) is 19.9 Å². The number of para-hydroxylation sites is 2. The van der Waals surface area contributed by atoms with Crippen LogP contribution in [0.2, 0.25) is 0 Å². The highest BCUT2D eigenvalue weighted by Gasteiger charge is 2.25. The molecule has 1 aliphatic rings. The maximum Gasteiger partial charge on any atom is 0.223 e. The van der Waals surface area contributed by atoms with Gasteiger partial charge in [-0.05, 0) is 38.0 Å². The van der Waals surface area contributed by atoms with Gasteiger partial charge in [0.1, 0.15) is 11.6 Å². The Balaban J connectivity index is 1.38. The minimum atomic E-state index is 0.195. The predicted molar refractivity (Wildman–Crippen MR) is 99.7 cm³/mol. The van der Waals surface area contributed by atoms with Crippen LogP contribution >= 0.6 is 0 Å². The fourth-order valence-electron chi connectivity index (χ4n) is 3.65. The summed E-state index contributed by atoms with van der Waals surface area (Å²) < 4.78 is 0. The number of likely N-dealkylation sites (tertiary alicyclic amines) is 1. The molecule has 1 aliphatic heterocycles. The van der Waals surface area contributed by atoms with Gasteiger partial charge in [-0.1, -0.05) is 12.1 Å². The number of aryl methyl sites for hydroxylation is 2. The van der Waals surface area contributed by atoms with Gasteiger partial charge in [0.15, 0.2) is 0 Å². The molecule has 0 unspecified atom stereocenters. The van der Waals surface area contributed by atoms with Gasteiger partial charge in [0.05, 0.1) is 11.0 Å². The average Bonchev–Trinajstić information content (AvgIpc) is 3.09. The van der Waals surface area contributed by atoms with Gasteiger partial charge >= 0.3 is 0 Å². The van der Waals surface area contributed by atoms with Crippen LogP contribution in [0.25, 0.3) is 11.0 Å². The number of H-pyrrole nitrogens is 1. The standard InChI is InChI=1S/C20H23N5O/c1-14-21-11-10-16(22-14)15-5-4-12-25(13-15)20(26)9-8-19-23-17-6-2-3-7-18(17)24-19/h2-3,6-7,10-11,15H,4-5,8-9,12-13H2,1H3,(H,23,24)/t15-/m0/s1. The first-order valence-electron chi connectivity index (χ1n) is 9.20. The van der Waals surface area contributed by atoms with Crippen molar-refractivity contribution in [2.75, 3.05) is 13.1 Å². The van der Waals surface area contributed by atoms with Gasteiger partial charge in [0.25, 0.3) is 0 Å². The van der Waals surface area contributed by atoms with Crippen LogP contribution < -0.4 is 0 Å². The highest BCUT2D eigenvalue weighted by molar-refractivity contribution is 5.77. The third-order valence-electron chi connectivity index (χ3n) is 5.00. The number of hydrogen-bond acceptors (Lipinski definition) is 4. The Morgan fingerprint density at radius 1 is 1.27 bits per heavy atom. The summed E-state index contributed by atoms with van der Waals surface area (Å²) in [5.41, 5.74) is 3.02. The maximum absolute atomic E-state index is 12.7. The van der Waals surface area contributed by atoms with Crippen molar-refractivity contribution in [3.8, 4) is 0 Å². The van der Waals surface area contributed by atoms with Crippen LogP contribution in [0.15, 0.2) is 36.5 Å². The third kappa shape index (κ3) is 3.59. The van der Waals surface area contributed by atoms with Crippen LogP contribution in [-0.2, 0) is 11.2 Å². The lowest BCUT2D eigenvalue weighted by atomic mass is 9.94. The Kier molecular flexibility index (Phi) is 4.65. The zero-order valence-corrected chi connectivity index (χ0v) is 15.0. The molecule has 1 aromatic carbocycles. The van der Waals surface area contributed by atoms with Gasteiger partial charge in [0, 0.05) is 43.7 Å². The summed E-state index contributed by atoms with van der Waals surface area (Å²) in [5, 5.41) is 0. The van der Waals surface area contributed by atoms with E-state index in [-0.39, 0.29) is 5.91 Å². The van der Waals surface area contributed by atoms with Crippen LogP contribution in [0.1, 0.15) is 42.5 Å². The van der Waals surface area contributed by atoms with Gasteiger partial charge in [-0.15, -0.1) is 0 Å². The van der Waals surface area contributed by atoms with Crippen molar-refractivity contribution < 1.29 is 4.79 Å². The van der Waals surface area contributed by atoms with E-state index in [1.54, 1.807) is 6.20 Å². The molecule has 6 heteroatoms. The van der Waals surface area contributed by atoms with E-state index in [9.17, 15) is 4.79 Å². The lowest BCUT2D eigenvalue weighted by Crippen LogP contribution is -2.39. The first-order chi connectivity index (χ1) is 12.7. The Morgan fingerprint density at radius 3 is 3.00 bits per heavy atom. The molecule has 1 saturated heterocycles. The summed E-state index contributed by atoms with van der Waals surface area (Å²) in [5.74, 6) is 2.16. The maximum atomic E-state index is 12.7. The Hall–Kier alpha value is -2.76. The zero-order chi connectivity index (χ0) is 17.9. The van der Waals surface area contributed by atoms with Gasteiger partial charge in [-0.25, -0.2) is 15.0 Å². The molecule has 1 fully saturated rings. The van der Waals surface area contributed by atoms with Crippen LogP contribution in [0, 0.1) is 6.92 Å². The highest BCUT2D eigenvalue weighted by Crippen LogP contribution is 2.26. The fraction of sp³-hybridized carbons (Fsp3) is 0.400. The molecule has 0 aliphatic carbocycles. The van der Waals surface area contributed by atoms with E-state index in [4.69, 9.17) is 0 Å². The van der Waals surface area contributed by atoms with E-state index in [1.165, 1.54) is 0 Å². The smallest absolute Gasteiger partial charge is 0.223 e. The summed E-state index contributed by atoms with van der Waals surface area (Å²) >= 11 is 0. The van der Waals surface area contributed by atoms with Crippen molar-refractivity contribution in [2.45, 2.75) is 38.5 Å². The molecular formula is C20H23N5O. The van der Waals surface area contributed by atoms with Crippen molar-refractivity contribution in [1.82, 2.24) is 24.8 Å². The third-order valence-corrected chi connectivity index (χ3v) is 5.00. The van der Waals surface area contributed by atoms with Gasteiger partial charge in [0.2, 0.25) is 5.91 Å². The topological polar surface area (TPSA) is 74.8 Å². The summed E-state index contributed by atoms with van der Waals surface area (Å²) in [6, 6.07) is 9.92. The fourth-order valence-corrected chi connectivity index (χ4v) is 3.65. The van der Waals surface area contributed by atoms with E-state index in [0.717, 1.165) is 54.3 Å². The monoisotopic (exact) mass is 349 g/mol. The molecule has 0 bridgehead atoms. The average molecular weight is 349 g/mol. The highest BCUT2D eigenvalue weighted by atomic mass is 16.2. The number of carbonyl (C=O) groups excluding carboxylic acids is 1. The van der Waals surface area contributed by atoms with E-state index >= 15 is 0 Å². The molecular weight excluding hydrogens is 326 g/mol. The lowest BCUT2D eigenvalue weighted by molar-refractivity contribution is -0.132. The largest absolute Gasteiger partial charge is 0.342 e. The van der Waals surface area contributed by atoms with Crippen LogP contribution in [-0.4, -0.2) is 43.8 Å². The Morgan fingerprint density at radius 2 is 2.15 bits per heavy atom. The first-order valence-corrected chi connectivity index (χ1v) is 9.20. The normalized spacial score (nSPS) is 17.6. The van der Waals surface area contributed by atoms with E-state index in [0.29, 0.717) is 18.8 Å². The molecule has 134 valence electrons. The van der Waals surface area contributed by atoms with Gasteiger partial charge in [-0.2, -0.15) is 0 Å². The SMILES string of the molecule is Cc1nccc([C@H]2CCCN(C(=O)CCc3nc4ccccc4[nH]3)C2)n1. The van der Waals surface area contributed by atoms with E-state index in [1.807, 2.05) is 42.2 Å². The molecule has 1 atom stereocenters. The van der Waals surface area contributed by atoms with Crippen molar-refractivity contribution >= 4 is 16.9 Å². The lowest BCUT2D eigenvalue weighted by Gasteiger charge is -2.32. The number of piperidine rings is 1. The first kappa shape index (κ1) is 16.7. The summed E-state index contributed by atoms with van der Waals surface area (Å²) in [4.78, 5) is 31.2. The number of imidazole rings is 1. The number of fused-ring (bicyclic) bond motifs is 1. The second-order valence-electron chi connectivity index (χ2n) is 6.91. The number of nitrogens with zero attached hydrogens (tertiary/aromatic N) is 4. The molecule has 3 aromatic rings. The molecule has 1 amide bonds. The molecule has 0 saturated carbocycles. The van der Waals surface area contributed by atoms with Crippen LogP contribution in [0.3, 0.4) is 0 Å². The molecule has 26 heavy (non-hydrogen) atoms. The number of carbonyl (C=O) groups is 1. The number of amides is 1. The van der Waals surface area contributed by atoms with Crippen LogP contribution in [0.4, 0.5) is 0 Å². The second kappa shape index (κ2) is 7.23. The predicted octanol–water partition coefficient (Wildman–Crippen LogP) is 3.00. The van der Waals surface area contributed by atoms with Crippen molar-refractivity contribution in [3.05, 3.63) is 53.9 Å². The molecule has 2 aromatic heterocycles. The molecule has 0 spiro atoms. The zero-order valence-electron chi connectivity index (χ0n) is 15.0. The number of nitrogens with one attached hydrogen (secondary N) is 1. The molecule has 3 heterocycles. The van der Waals surface area contributed by atoms with Crippen molar-refractivity contribution in [2.24, 2.45) is 0 Å². The van der Waals surface area contributed by atoms with Gasteiger partial charge < -0.3 is 9.88 Å². The number of aromatic nitrogens is 4. The minimum absolute atomic E-state index is 0.195. The summed E-state index contributed by atoms with van der Waals surface area (Å²) in [7, 11) is 0. The second-order valence-corrected chi connectivity index (χ2v) is 6.91. The Bertz CT molecular complexity index is 886. The number of benzene rings is 1. The quantitative estimate of drug-likeness (QED) is 0.786. The number of aromatic amines is 1. The number of hydrogen-bond donors (Lipinski definition) is 1. The summed E-state index contributed by atoms with van der Waals surface area (Å²) in [6.07, 6.45) is 5.02. The Labute approximate surface area is 152 Å². The minimum Gasteiger partial charge on any atom is -0.342 e. The van der Waals surface area contributed by atoms with Crippen molar-refractivity contribution in [3.63, 3.8) is 0 Å². The van der Waals surface area contributed by atoms with Crippen LogP contribution in [0.5, 0.6) is 0 Å². The molecule has 6 nitrogen and oxygen atoms in total. The van der Waals surface area contributed by atoms with Crippen molar-refractivity contribution in [1.29, 1.82) is 0 Å². The summed E-state index contributed by atoms with van der Waals surface area (Å²) in [6.45, 7) is 3.48. The number of rotatable bonds is 4. The molecule has 1 N–H and O–H groups in total. The molecule has 4 rings (SSSR count).